The Kier molecular flexibility index (Phi) is 28.4. The van der Waals surface area contributed by atoms with Crippen LogP contribution < -0.4 is 34.3 Å². The fourth-order valence-electron chi connectivity index (χ4n) is 20.0. The van der Waals surface area contributed by atoms with Gasteiger partial charge in [-0.2, -0.15) is 0 Å². The van der Waals surface area contributed by atoms with E-state index in [-0.39, 0.29) is 0 Å². The van der Waals surface area contributed by atoms with Crippen molar-refractivity contribution >= 4 is 141 Å². The molecule has 0 N–H and O–H groups in total. The molecule has 0 aliphatic carbocycles. The summed E-state index contributed by atoms with van der Waals surface area (Å²) >= 11 is 0. The van der Waals surface area contributed by atoms with Crippen LogP contribution in [0.15, 0.2) is 625 Å². The second-order valence-electron chi connectivity index (χ2n) is 37.0. The molecule has 0 heterocycles. The largest absolute Gasteiger partial charge is 0.311 e. The minimum Gasteiger partial charge on any atom is -0.311 e. The zero-order chi connectivity index (χ0) is 100. The number of para-hydroxylation sites is 10. The van der Waals surface area contributed by atoms with Crippen LogP contribution in [-0.4, -0.2) is 0 Å². The minimum atomic E-state index is 1.10. The highest BCUT2D eigenvalue weighted by atomic mass is 15.2. The maximum atomic E-state index is 2.34. The molecule has 0 bridgehead atoms. The smallest absolute Gasteiger partial charge is 0.0540 e. The minimum absolute atomic E-state index is 1.10. The molecule has 0 amide bonds. The zero-order valence-electron chi connectivity index (χ0n) is 83.1. The second-order valence-corrected chi connectivity index (χ2v) is 37.0. The molecular weight excluding hydrogens is 1800 g/mol. The van der Waals surface area contributed by atoms with E-state index < -0.39 is 0 Å². The zero-order valence-corrected chi connectivity index (χ0v) is 83.1. The van der Waals surface area contributed by atoms with Gasteiger partial charge in [0.05, 0.1) is 11.4 Å². The summed E-state index contributed by atoms with van der Waals surface area (Å²) in [6.07, 6.45) is 0. The first-order valence-electron chi connectivity index (χ1n) is 50.8. The molecular formula is C142H109N7. The predicted molar refractivity (Wildman–Crippen MR) is 634 cm³/mol. The lowest BCUT2D eigenvalue weighted by Gasteiger charge is -2.27. The second kappa shape index (κ2) is 44.9. The van der Waals surface area contributed by atoms with Gasteiger partial charge >= 0.3 is 0 Å². The monoisotopic (exact) mass is 1910 g/mol. The van der Waals surface area contributed by atoms with Crippen molar-refractivity contribution in [2.45, 2.75) is 13.8 Å². The van der Waals surface area contributed by atoms with Crippen molar-refractivity contribution in [3.8, 4) is 55.6 Å². The van der Waals surface area contributed by atoms with Crippen LogP contribution in [0.2, 0.25) is 0 Å². The number of benzene rings is 24. The third-order valence-corrected chi connectivity index (χ3v) is 27.2. The van der Waals surface area contributed by atoms with Crippen molar-refractivity contribution in [2.24, 2.45) is 0 Å². The number of anilines is 21. The number of nitrogens with zero attached hydrogens (tertiary/aromatic N) is 7. The maximum absolute atomic E-state index is 2.34. The Morgan fingerprint density at radius 2 is 0.248 bits per heavy atom. The molecule has 0 spiro atoms. The van der Waals surface area contributed by atoms with E-state index in [4.69, 9.17) is 0 Å². The molecule has 0 aromatic heterocycles. The highest BCUT2D eigenvalue weighted by molar-refractivity contribution is 6.01. The van der Waals surface area contributed by atoms with E-state index >= 15 is 0 Å². The lowest BCUT2D eigenvalue weighted by Crippen LogP contribution is -2.10. The van der Waals surface area contributed by atoms with Crippen molar-refractivity contribution in [1.82, 2.24) is 0 Å². The molecule has 7 heteroatoms. The third-order valence-electron chi connectivity index (χ3n) is 27.2. The summed E-state index contributed by atoms with van der Waals surface area (Å²) in [5.41, 5.74) is 37.8. The Hall–Kier alpha value is -19.6. The number of hydrogen-bond donors (Lipinski definition) is 0. The lowest BCUT2D eigenvalue weighted by molar-refractivity contribution is 1.27. The number of fused-ring (bicyclic) bond motifs is 2. The molecule has 149 heavy (non-hydrogen) atoms. The molecule has 0 unspecified atom stereocenters. The van der Waals surface area contributed by atoms with Crippen LogP contribution in [0.4, 0.5) is 119 Å². The molecule has 0 saturated heterocycles. The van der Waals surface area contributed by atoms with E-state index in [2.05, 4.69) is 673 Å². The molecule has 24 rings (SSSR count). The first-order chi connectivity index (χ1) is 73.7. The average Bonchev–Trinajstić information content (AvgIpc) is 0.779. The van der Waals surface area contributed by atoms with Crippen LogP contribution in [0.5, 0.6) is 0 Å². The molecule has 0 saturated carbocycles. The van der Waals surface area contributed by atoms with Gasteiger partial charge in [0.1, 0.15) is 0 Å². The van der Waals surface area contributed by atoms with Gasteiger partial charge in [-0.1, -0.05) is 364 Å². The van der Waals surface area contributed by atoms with E-state index in [9.17, 15) is 0 Å². The quantitative estimate of drug-likeness (QED) is 0.0532. The highest BCUT2D eigenvalue weighted by Crippen LogP contribution is 2.48. The third kappa shape index (κ3) is 21.6. The molecule has 7 nitrogen and oxygen atoms in total. The van der Waals surface area contributed by atoms with E-state index in [1.54, 1.807) is 0 Å². The standard InChI is InChI=1S/C60H45N3.C44H32N2.C38H32N2/c1-7-19-52(20-8-1)61(53-21-9-2-10-22-53)58-37-31-46(32-38-58)49-43-50(47-33-39-59(40-34-47)62(54-23-11-3-12-24-54)55-25-13-4-14-26-55)45-51(44-49)48-35-41-60(42-36-48)63(56-27-15-5-16-28-56)57-29-17-6-18-30-57;1-3-17-37(18-4-1)45(43-23-11-15-35-13-7-9-21-41(35)43)39-29-25-33(26-30-39)34-27-31-40(32-28-34)46(38-19-5-2-6-20-38)44-24-12-16-36-14-8-10-22-42(36)44;1-29-11-9-17-37(27-29)39(33-13-5-3-6-14-33)35-23-19-31(20-24-35)32-21-25-36(26-22-32)40(34-15-7-4-8-16-34)38-18-10-12-30(2)28-38/h1-45H;1-32H;3-28H,1-2H3. The summed E-state index contributed by atoms with van der Waals surface area (Å²) in [5, 5.41) is 4.90. The van der Waals surface area contributed by atoms with E-state index in [1.165, 1.54) is 54.9 Å². The van der Waals surface area contributed by atoms with Gasteiger partial charge in [-0.25, -0.2) is 0 Å². The van der Waals surface area contributed by atoms with Gasteiger partial charge in [0.25, 0.3) is 0 Å². The van der Waals surface area contributed by atoms with Crippen molar-refractivity contribution in [3.63, 3.8) is 0 Å². The molecule has 0 aliphatic rings. The van der Waals surface area contributed by atoms with Crippen LogP contribution >= 0.6 is 0 Å². The number of hydrogen-bond acceptors (Lipinski definition) is 7. The average molecular weight is 1910 g/mol. The number of aryl methyl sites for hydroxylation is 2. The van der Waals surface area contributed by atoms with Crippen molar-refractivity contribution in [2.75, 3.05) is 34.3 Å². The first kappa shape index (κ1) is 94.3. The van der Waals surface area contributed by atoms with E-state index in [0.717, 1.165) is 153 Å². The van der Waals surface area contributed by atoms with Gasteiger partial charge in [-0.15, -0.1) is 0 Å². The fraction of sp³-hybridized carbons (Fsp3) is 0.0141. The number of rotatable bonds is 26. The Bertz CT molecular complexity index is 7730. The highest BCUT2D eigenvalue weighted by Gasteiger charge is 2.24. The maximum Gasteiger partial charge on any atom is 0.0540 e. The van der Waals surface area contributed by atoms with Gasteiger partial charge in [-0.3, -0.25) is 0 Å². The lowest BCUT2D eigenvalue weighted by atomic mass is 9.93. The Morgan fingerprint density at radius 1 is 0.101 bits per heavy atom. The molecule has 0 fully saturated rings. The summed E-state index contributed by atoms with van der Waals surface area (Å²) in [6.45, 7) is 4.27. The van der Waals surface area contributed by atoms with Gasteiger partial charge in [-0.05, 0) is 352 Å². The van der Waals surface area contributed by atoms with Gasteiger partial charge in [0, 0.05) is 119 Å². The molecule has 0 aliphatic heterocycles. The SMILES string of the molecule is Cc1cccc(N(c2ccccc2)c2ccc(-c3ccc(N(c4ccccc4)c4cccc(C)c4)cc3)cc2)c1.c1ccc(N(c2ccc(-c3ccc(N(c4ccccc4)c4cccc5ccccc45)cc3)cc2)c2cccc3ccccc23)cc1.c1ccc(N(c2ccccc2)c2ccc(-c3cc(-c4ccc(N(c5ccccc5)c5ccccc5)cc4)cc(-c4ccc(N(c5ccccc5)c5ccccc5)cc4)c3)cc2)cc1. The van der Waals surface area contributed by atoms with E-state index in [0.29, 0.717) is 0 Å². The van der Waals surface area contributed by atoms with Crippen molar-refractivity contribution in [3.05, 3.63) is 636 Å². The van der Waals surface area contributed by atoms with Gasteiger partial charge in [0.2, 0.25) is 0 Å². The van der Waals surface area contributed by atoms with Crippen LogP contribution in [0.25, 0.3) is 77.2 Å². The summed E-state index contributed by atoms with van der Waals surface area (Å²) < 4.78 is 0. The molecule has 24 aromatic carbocycles. The molecule has 0 atom stereocenters. The Morgan fingerprint density at radius 3 is 0.456 bits per heavy atom. The van der Waals surface area contributed by atoms with Crippen LogP contribution in [-0.2, 0) is 0 Å². The fourth-order valence-corrected chi connectivity index (χ4v) is 20.0. The summed E-state index contributed by atoms with van der Waals surface area (Å²) in [5.74, 6) is 0. The summed E-state index contributed by atoms with van der Waals surface area (Å²) in [4.78, 5) is 16.2. The topological polar surface area (TPSA) is 22.7 Å². The van der Waals surface area contributed by atoms with Crippen LogP contribution in [0.1, 0.15) is 11.1 Å². The van der Waals surface area contributed by atoms with Crippen molar-refractivity contribution < 1.29 is 0 Å². The molecule has 24 aromatic rings. The summed E-state index contributed by atoms with van der Waals surface area (Å²) in [6, 6.07) is 223. The first-order valence-corrected chi connectivity index (χ1v) is 50.8. The Labute approximate surface area is 874 Å². The predicted octanol–water partition coefficient (Wildman–Crippen LogP) is 40.6. The van der Waals surface area contributed by atoms with Crippen LogP contribution in [0.3, 0.4) is 0 Å². The van der Waals surface area contributed by atoms with E-state index in [1.807, 2.05) is 0 Å². The Balaban J connectivity index is 0.000000130. The van der Waals surface area contributed by atoms with Crippen molar-refractivity contribution in [1.29, 1.82) is 0 Å². The van der Waals surface area contributed by atoms with Gasteiger partial charge in [0.15, 0.2) is 0 Å². The normalized spacial score (nSPS) is 10.9. The molecule has 0 radical (unpaired) electrons. The van der Waals surface area contributed by atoms with Crippen LogP contribution in [0, 0.1) is 13.8 Å². The summed E-state index contributed by atoms with van der Waals surface area (Å²) in [7, 11) is 0. The molecule has 712 valence electrons. The van der Waals surface area contributed by atoms with Gasteiger partial charge < -0.3 is 34.3 Å².